The molecule has 0 bridgehead atoms. The maximum Gasteiger partial charge on any atom is 0.317 e. The van der Waals surface area contributed by atoms with Gasteiger partial charge in [0.25, 0.3) is 0 Å². The molecule has 126 valence electrons. The number of carbonyl (C=O) groups is 1. The first-order valence-electron chi connectivity index (χ1n) is 8.50. The Morgan fingerprint density at radius 1 is 1.08 bits per heavy atom. The SMILES string of the molecule is O=C(NCC1CC1c1ccccc1)N(CCO)Cc1ccccc1. The molecule has 3 rings (SSSR count). The topological polar surface area (TPSA) is 52.6 Å². The second-order valence-corrected chi connectivity index (χ2v) is 6.33. The summed E-state index contributed by atoms with van der Waals surface area (Å²) in [6, 6.07) is 20.2. The van der Waals surface area contributed by atoms with Crippen molar-refractivity contribution in [3.05, 3.63) is 71.8 Å². The molecule has 2 atom stereocenters. The quantitative estimate of drug-likeness (QED) is 0.822. The minimum atomic E-state index is -0.105. The lowest BCUT2D eigenvalue weighted by Crippen LogP contribution is -2.41. The summed E-state index contributed by atoms with van der Waals surface area (Å²) in [5, 5.41) is 12.2. The predicted octanol–water partition coefficient (Wildman–Crippen LogP) is 2.99. The highest BCUT2D eigenvalue weighted by Gasteiger charge is 2.38. The van der Waals surface area contributed by atoms with Crippen molar-refractivity contribution < 1.29 is 9.90 Å². The Kier molecular flexibility index (Phi) is 5.49. The highest BCUT2D eigenvalue weighted by Crippen LogP contribution is 2.46. The summed E-state index contributed by atoms with van der Waals surface area (Å²) in [4.78, 5) is 14.1. The number of aliphatic hydroxyl groups is 1. The molecule has 1 fully saturated rings. The van der Waals surface area contributed by atoms with Crippen LogP contribution in [0.5, 0.6) is 0 Å². The number of nitrogens with one attached hydrogen (secondary N) is 1. The molecule has 4 heteroatoms. The van der Waals surface area contributed by atoms with E-state index in [4.69, 9.17) is 0 Å². The first kappa shape index (κ1) is 16.5. The zero-order valence-corrected chi connectivity index (χ0v) is 13.8. The molecule has 0 saturated heterocycles. The summed E-state index contributed by atoms with van der Waals surface area (Å²) in [5.41, 5.74) is 2.42. The van der Waals surface area contributed by atoms with Crippen LogP contribution in [0.4, 0.5) is 4.79 Å². The highest BCUT2D eigenvalue weighted by atomic mass is 16.3. The van der Waals surface area contributed by atoms with Gasteiger partial charge >= 0.3 is 6.03 Å². The zero-order valence-electron chi connectivity index (χ0n) is 13.8. The van der Waals surface area contributed by atoms with E-state index >= 15 is 0 Å². The fraction of sp³-hybridized carbons (Fsp3) is 0.350. The maximum absolute atomic E-state index is 12.4. The van der Waals surface area contributed by atoms with Crippen molar-refractivity contribution in [3.63, 3.8) is 0 Å². The number of rotatable bonds is 7. The number of amides is 2. The van der Waals surface area contributed by atoms with Gasteiger partial charge in [-0.25, -0.2) is 4.79 Å². The number of aliphatic hydroxyl groups excluding tert-OH is 1. The smallest absolute Gasteiger partial charge is 0.317 e. The largest absolute Gasteiger partial charge is 0.395 e. The maximum atomic E-state index is 12.4. The van der Waals surface area contributed by atoms with E-state index in [1.54, 1.807) is 4.90 Å². The molecule has 1 aliphatic carbocycles. The van der Waals surface area contributed by atoms with E-state index in [1.807, 2.05) is 36.4 Å². The predicted molar refractivity (Wildman–Crippen MR) is 94.6 cm³/mol. The summed E-state index contributed by atoms with van der Waals surface area (Å²) in [5.74, 6) is 1.08. The fourth-order valence-electron chi connectivity index (χ4n) is 3.09. The van der Waals surface area contributed by atoms with Gasteiger partial charge in [0.05, 0.1) is 6.61 Å². The Bertz CT molecular complexity index is 645. The summed E-state index contributed by atoms with van der Waals surface area (Å²) in [7, 11) is 0. The molecule has 2 aromatic rings. The third-order valence-electron chi connectivity index (χ3n) is 4.54. The Balaban J connectivity index is 1.49. The fourth-order valence-corrected chi connectivity index (χ4v) is 3.09. The lowest BCUT2D eigenvalue weighted by atomic mass is 10.1. The van der Waals surface area contributed by atoms with Crippen LogP contribution in [0, 0.1) is 5.92 Å². The van der Waals surface area contributed by atoms with Crippen molar-refractivity contribution in [2.45, 2.75) is 18.9 Å². The molecular weight excluding hydrogens is 300 g/mol. The van der Waals surface area contributed by atoms with Crippen LogP contribution in [-0.4, -0.2) is 35.7 Å². The lowest BCUT2D eigenvalue weighted by molar-refractivity contribution is 0.173. The van der Waals surface area contributed by atoms with Crippen LogP contribution in [0.1, 0.15) is 23.5 Å². The molecule has 4 nitrogen and oxygen atoms in total. The van der Waals surface area contributed by atoms with Gasteiger partial charge in [0, 0.05) is 19.6 Å². The van der Waals surface area contributed by atoms with Gasteiger partial charge in [-0.15, -0.1) is 0 Å². The average Bonchev–Trinajstić information content (AvgIpc) is 3.41. The van der Waals surface area contributed by atoms with Gasteiger partial charge in [-0.3, -0.25) is 0 Å². The van der Waals surface area contributed by atoms with Crippen LogP contribution < -0.4 is 5.32 Å². The molecule has 0 radical (unpaired) electrons. The summed E-state index contributed by atoms with van der Waals surface area (Å²) in [6.07, 6.45) is 1.13. The van der Waals surface area contributed by atoms with E-state index in [1.165, 1.54) is 5.56 Å². The molecule has 2 unspecified atom stereocenters. The van der Waals surface area contributed by atoms with Crippen LogP contribution >= 0.6 is 0 Å². The summed E-state index contributed by atoms with van der Waals surface area (Å²) >= 11 is 0. The third kappa shape index (κ3) is 4.36. The average molecular weight is 324 g/mol. The molecule has 24 heavy (non-hydrogen) atoms. The van der Waals surface area contributed by atoms with Gasteiger partial charge in [0.1, 0.15) is 0 Å². The monoisotopic (exact) mass is 324 g/mol. The number of carbonyl (C=O) groups excluding carboxylic acids is 1. The van der Waals surface area contributed by atoms with E-state index in [9.17, 15) is 9.90 Å². The van der Waals surface area contributed by atoms with Crippen LogP contribution in [0.2, 0.25) is 0 Å². The van der Waals surface area contributed by atoms with Gasteiger partial charge in [-0.05, 0) is 29.4 Å². The number of benzene rings is 2. The third-order valence-corrected chi connectivity index (χ3v) is 4.54. The van der Waals surface area contributed by atoms with Gasteiger partial charge in [-0.1, -0.05) is 60.7 Å². The Hall–Kier alpha value is -2.33. The molecule has 0 aliphatic heterocycles. The molecule has 0 heterocycles. The van der Waals surface area contributed by atoms with Crippen molar-refractivity contribution in [2.24, 2.45) is 5.92 Å². The van der Waals surface area contributed by atoms with Crippen molar-refractivity contribution in [2.75, 3.05) is 19.7 Å². The molecular formula is C20H24N2O2. The van der Waals surface area contributed by atoms with Crippen LogP contribution in [0.3, 0.4) is 0 Å². The van der Waals surface area contributed by atoms with Crippen LogP contribution in [0.25, 0.3) is 0 Å². The summed E-state index contributed by atoms with van der Waals surface area (Å²) < 4.78 is 0. The molecule has 1 saturated carbocycles. The molecule has 0 spiro atoms. The van der Waals surface area contributed by atoms with Gasteiger partial charge in [-0.2, -0.15) is 0 Å². The molecule has 2 N–H and O–H groups in total. The normalized spacial score (nSPS) is 18.9. The Morgan fingerprint density at radius 2 is 1.75 bits per heavy atom. The summed E-state index contributed by atoms with van der Waals surface area (Å²) in [6.45, 7) is 1.51. The Labute approximate surface area is 143 Å². The highest BCUT2D eigenvalue weighted by molar-refractivity contribution is 5.74. The molecule has 0 aromatic heterocycles. The lowest BCUT2D eigenvalue weighted by Gasteiger charge is -2.22. The second-order valence-electron chi connectivity index (χ2n) is 6.33. The number of hydrogen-bond acceptors (Lipinski definition) is 2. The molecule has 2 amide bonds. The van der Waals surface area contributed by atoms with Gasteiger partial charge in [0.2, 0.25) is 0 Å². The number of hydrogen-bond donors (Lipinski definition) is 2. The minimum Gasteiger partial charge on any atom is -0.395 e. The van der Waals surface area contributed by atoms with E-state index < -0.39 is 0 Å². The van der Waals surface area contributed by atoms with Crippen molar-refractivity contribution in [1.82, 2.24) is 10.2 Å². The number of nitrogens with zero attached hydrogens (tertiary/aromatic N) is 1. The van der Waals surface area contributed by atoms with E-state index in [0.29, 0.717) is 31.5 Å². The number of urea groups is 1. The Morgan fingerprint density at radius 3 is 2.42 bits per heavy atom. The van der Waals surface area contributed by atoms with Crippen molar-refractivity contribution in [1.29, 1.82) is 0 Å². The van der Waals surface area contributed by atoms with Crippen molar-refractivity contribution in [3.8, 4) is 0 Å². The van der Waals surface area contributed by atoms with E-state index in [2.05, 4.69) is 29.6 Å². The zero-order chi connectivity index (χ0) is 16.8. The van der Waals surface area contributed by atoms with E-state index in [0.717, 1.165) is 12.0 Å². The van der Waals surface area contributed by atoms with Gasteiger partial charge < -0.3 is 15.3 Å². The van der Waals surface area contributed by atoms with Gasteiger partial charge in [0.15, 0.2) is 0 Å². The van der Waals surface area contributed by atoms with Crippen molar-refractivity contribution >= 4 is 6.03 Å². The van der Waals surface area contributed by atoms with Crippen LogP contribution in [-0.2, 0) is 6.54 Å². The van der Waals surface area contributed by atoms with Crippen LogP contribution in [0.15, 0.2) is 60.7 Å². The molecule has 2 aromatic carbocycles. The minimum absolute atomic E-state index is 0.0314. The standard InChI is InChI=1S/C20H24N2O2/c23-12-11-22(15-16-7-3-1-4-8-16)20(24)21-14-18-13-19(18)17-9-5-2-6-10-17/h1-10,18-19,23H,11-15H2,(H,21,24). The first-order chi connectivity index (χ1) is 11.8. The first-order valence-corrected chi connectivity index (χ1v) is 8.50. The molecule has 1 aliphatic rings. The second kappa shape index (κ2) is 7.97. The van der Waals surface area contributed by atoms with E-state index in [-0.39, 0.29) is 12.6 Å².